The maximum Gasteiger partial charge on any atom is 0.328 e. The van der Waals surface area contributed by atoms with E-state index < -0.39 is 23.7 Å². The van der Waals surface area contributed by atoms with Gasteiger partial charge in [0, 0.05) is 26.2 Å². The number of esters is 1. The molecular weight excluding hydrogens is 544 g/mol. The second kappa shape index (κ2) is 12.5. The first-order chi connectivity index (χ1) is 19.4. The molecule has 0 spiro atoms. The Balaban J connectivity index is 1.39. The molecule has 3 aliphatic heterocycles. The highest BCUT2D eigenvalue weighted by Crippen LogP contribution is 2.36. The lowest BCUT2D eigenvalue weighted by Crippen LogP contribution is -2.40. The summed E-state index contributed by atoms with van der Waals surface area (Å²) >= 11 is 0.744. The number of methoxy groups -OCH3 is 2. The minimum Gasteiger partial charge on any atom is -0.493 e. The lowest BCUT2D eigenvalue weighted by Gasteiger charge is -2.30. The molecule has 0 N–H and O–H groups in total. The highest BCUT2D eigenvalue weighted by atomic mass is 32.2. The van der Waals surface area contributed by atoms with Crippen LogP contribution < -0.4 is 19.3 Å². The number of ether oxygens (including phenoxy) is 5. The fraction of sp³-hybridized carbons (Fsp3) is 0.440. The summed E-state index contributed by atoms with van der Waals surface area (Å²) in [7, 11) is 2.68. The highest BCUT2D eigenvalue weighted by molar-refractivity contribution is 8.18. The number of morpholine rings is 2. The number of hydrogen-bond acceptors (Lipinski definition) is 14. The predicted octanol–water partition coefficient (Wildman–Crippen LogP) is 1.55. The van der Waals surface area contributed by atoms with Gasteiger partial charge in [0.25, 0.3) is 11.1 Å². The molecule has 212 valence electrons. The van der Waals surface area contributed by atoms with Crippen LogP contribution in [0.5, 0.6) is 17.5 Å². The van der Waals surface area contributed by atoms with Crippen molar-refractivity contribution in [1.82, 2.24) is 19.9 Å². The number of carbonyl (C=O) groups excluding carboxylic acids is 3. The third kappa shape index (κ3) is 6.26. The van der Waals surface area contributed by atoms with E-state index in [0.29, 0.717) is 81.6 Å². The van der Waals surface area contributed by atoms with Gasteiger partial charge in [-0.2, -0.15) is 15.0 Å². The van der Waals surface area contributed by atoms with Gasteiger partial charge < -0.3 is 33.5 Å². The van der Waals surface area contributed by atoms with Crippen molar-refractivity contribution < 1.29 is 38.1 Å². The first-order valence-electron chi connectivity index (χ1n) is 12.5. The van der Waals surface area contributed by atoms with Gasteiger partial charge in [-0.3, -0.25) is 19.3 Å². The number of thioether (sulfide) groups is 1. The number of carbonyl (C=O) groups is 3. The summed E-state index contributed by atoms with van der Waals surface area (Å²) in [5.74, 6) is 0.449. The highest BCUT2D eigenvalue weighted by Gasteiger charge is 2.36. The van der Waals surface area contributed by atoms with Crippen LogP contribution >= 0.6 is 11.8 Å². The van der Waals surface area contributed by atoms with Crippen molar-refractivity contribution in [2.45, 2.75) is 0 Å². The van der Waals surface area contributed by atoms with Gasteiger partial charge in [-0.15, -0.1) is 0 Å². The second-order valence-corrected chi connectivity index (χ2v) is 9.77. The summed E-state index contributed by atoms with van der Waals surface area (Å²) in [6.07, 6.45) is 1.55. The molecule has 5 rings (SSSR count). The molecule has 2 aromatic rings. The Morgan fingerprint density at radius 2 is 1.57 bits per heavy atom. The molecule has 0 bridgehead atoms. The van der Waals surface area contributed by atoms with Gasteiger partial charge in [0.1, 0.15) is 6.54 Å². The second-order valence-electron chi connectivity index (χ2n) is 8.77. The monoisotopic (exact) mass is 572 g/mol. The minimum atomic E-state index is -0.682. The number of anilines is 2. The molecule has 40 heavy (non-hydrogen) atoms. The van der Waals surface area contributed by atoms with Crippen LogP contribution in [0.15, 0.2) is 23.1 Å². The SMILES string of the molecule is COC(=O)CN1C(=O)S/C(=C\c2ccc(Oc3nc(N4CCOCC4)nc(N4CCOCC4)n3)c(OC)c2)C1=O. The summed E-state index contributed by atoms with van der Waals surface area (Å²) in [6, 6.07) is 5.14. The number of imide groups is 1. The van der Waals surface area contributed by atoms with Crippen LogP contribution in [0, 0.1) is 0 Å². The fourth-order valence-electron chi connectivity index (χ4n) is 4.13. The molecule has 0 aliphatic carbocycles. The van der Waals surface area contributed by atoms with Crippen LogP contribution in [-0.4, -0.2) is 110 Å². The molecule has 0 radical (unpaired) electrons. The van der Waals surface area contributed by atoms with Crippen LogP contribution in [0.4, 0.5) is 16.7 Å². The number of nitrogens with zero attached hydrogens (tertiary/aromatic N) is 6. The summed E-state index contributed by atoms with van der Waals surface area (Å²) in [4.78, 5) is 55.3. The molecule has 3 fully saturated rings. The average Bonchev–Trinajstić information content (AvgIpc) is 3.25. The predicted molar refractivity (Wildman–Crippen MR) is 144 cm³/mol. The molecule has 14 nitrogen and oxygen atoms in total. The number of benzene rings is 1. The Morgan fingerprint density at radius 3 is 2.15 bits per heavy atom. The summed E-state index contributed by atoms with van der Waals surface area (Å²) < 4.78 is 27.1. The Morgan fingerprint density at radius 1 is 0.950 bits per heavy atom. The molecule has 0 atom stereocenters. The van der Waals surface area contributed by atoms with Crippen LogP contribution in [-0.2, 0) is 23.8 Å². The molecule has 15 heteroatoms. The first-order valence-corrected chi connectivity index (χ1v) is 13.4. The van der Waals surface area contributed by atoms with Gasteiger partial charge in [-0.1, -0.05) is 6.07 Å². The molecule has 3 aliphatic rings. The van der Waals surface area contributed by atoms with E-state index in [1.165, 1.54) is 14.2 Å². The van der Waals surface area contributed by atoms with Gasteiger partial charge in [0.15, 0.2) is 11.5 Å². The van der Waals surface area contributed by atoms with E-state index in [9.17, 15) is 14.4 Å². The third-order valence-corrected chi connectivity index (χ3v) is 7.16. The number of amides is 2. The molecule has 1 aromatic carbocycles. The number of aromatic nitrogens is 3. The number of hydrogen-bond donors (Lipinski definition) is 0. The molecule has 2 amide bonds. The summed E-state index contributed by atoms with van der Waals surface area (Å²) in [6.45, 7) is 4.45. The third-order valence-electron chi connectivity index (χ3n) is 6.25. The van der Waals surface area contributed by atoms with Gasteiger partial charge >= 0.3 is 12.0 Å². The zero-order chi connectivity index (χ0) is 28.1. The Labute approximate surface area is 234 Å². The van der Waals surface area contributed by atoms with Crippen molar-refractivity contribution in [2.24, 2.45) is 0 Å². The zero-order valence-corrected chi connectivity index (χ0v) is 22.8. The molecule has 4 heterocycles. The fourth-order valence-corrected chi connectivity index (χ4v) is 4.97. The average molecular weight is 573 g/mol. The van der Waals surface area contributed by atoms with Gasteiger partial charge in [-0.25, -0.2) is 0 Å². The summed E-state index contributed by atoms with van der Waals surface area (Å²) in [5, 5.41) is -0.546. The van der Waals surface area contributed by atoms with Crippen LogP contribution in [0.1, 0.15) is 5.56 Å². The van der Waals surface area contributed by atoms with Crippen LogP contribution in [0.2, 0.25) is 0 Å². The Bertz CT molecular complexity index is 1280. The normalized spacial score (nSPS) is 18.9. The molecule has 0 saturated carbocycles. The lowest BCUT2D eigenvalue weighted by atomic mass is 10.2. The molecule has 3 saturated heterocycles. The van der Waals surface area contributed by atoms with E-state index in [1.807, 2.05) is 9.80 Å². The van der Waals surface area contributed by atoms with E-state index in [2.05, 4.69) is 19.7 Å². The van der Waals surface area contributed by atoms with E-state index in [4.69, 9.17) is 18.9 Å². The maximum absolute atomic E-state index is 12.7. The van der Waals surface area contributed by atoms with E-state index in [-0.39, 0.29) is 10.9 Å². The topological polar surface area (TPSA) is 146 Å². The Hall–Kier alpha value is -3.95. The summed E-state index contributed by atoms with van der Waals surface area (Å²) in [5.41, 5.74) is 0.589. The quantitative estimate of drug-likeness (QED) is 0.333. The van der Waals surface area contributed by atoms with E-state index in [0.717, 1.165) is 16.7 Å². The molecular formula is C25H28N6O8S. The van der Waals surface area contributed by atoms with Crippen molar-refractivity contribution in [3.05, 3.63) is 28.7 Å². The van der Waals surface area contributed by atoms with Crippen molar-refractivity contribution >= 4 is 46.9 Å². The Kier molecular flexibility index (Phi) is 8.62. The van der Waals surface area contributed by atoms with Crippen molar-refractivity contribution in [1.29, 1.82) is 0 Å². The lowest BCUT2D eigenvalue weighted by molar-refractivity contribution is -0.143. The standard InChI is InChI=1S/C25H28N6O8S/c1-35-18-13-16(14-19-21(33)31(25(34)40-19)15-20(32)36-2)3-4-17(18)39-24-27-22(29-5-9-37-10-6-29)26-23(28-24)30-7-11-38-12-8-30/h3-4,13-14H,5-12,15H2,1-2H3/b19-14-. The largest absolute Gasteiger partial charge is 0.493 e. The van der Waals surface area contributed by atoms with Crippen molar-refractivity contribution in [2.75, 3.05) is 83.2 Å². The van der Waals surface area contributed by atoms with E-state index >= 15 is 0 Å². The van der Waals surface area contributed by atoms with E-state index in [1.54, 1.807) is 24.3 Å². The van der Waals surface area contributed by atoms with Crippen LogP contribution in [0.25, 0.3) is 6.08 Å². The van der Waals surface area contributed by atoms with Gasteiger partial charge in [-0.05, 0) is 35.5 Å². The van der Waals surface area contributed by atoms with Crippen molar-refractivity contribution in [3.8, 4) is 17.5 Å². The maximum atomic E-state index is 12.7. The van der Waals surface area contributed by atoms with Gasteiger partial charge in [0.2, 0.25) is 11.9 Å². The number of rotatable bonds is 8. The van der Waals surface area contributed by atoms with Gasteiger partial charge in [0.05, 0.1) is 45.6 Å². The molecule has 0 unspecified atom stereocenters. The molecule has 1 aromatic heterocycles. The van der Waals surface area contributed by atoms with Crippen LogP contribution in [0.3, 0.4) is 0 Å². The smallest absolute Gasteiger partial charge is 0.328 e. The zero-order valence-electron chi connectivity index (χ0n) is 22.0. The minimum absolute atomic E-state index is 0.105. The first kappa shape index (κ1) is 27.6. The van der Waals surface area contributed by atoms with Crippen molar-refractivity contribution in [3.63, 3.8) is 0 Å².